The Hall–Kier alpha value is -4.60. The fraction of sp³-hybridized carbons (Fsp3) is 0.417. The van der Waals surface area contributed by atoms with Crippen LogP contribution in [0.3, 0.4) is 0 Å². The Morgan fingerprint density at radius 1 is 1.00 bits per heavy atom. The van der Waals surface area contributed by atoms with Crippen LogP contribution in [0.1, 0.15) is 20.8 Å². The van der Waals surface area contributed by atoms with Crippen LogP contribution in [0.4, 0.5) is 19.3 Å². The Bertz CT molecular complexity index is 1390. The minimum absolute atomic E-state index is 0.0169. The molecule has 5 atom stereocenters. The number of alkyl halides is 1. The highest BCUT2D eigenvalue weighted by atomic mass is 19.1. The quantitative estimate of drug-likeness (QED) is 0.366. The number of nitrogens with zero attached hydrogens (tertiary/aromatic N) is 2. The van der Waals surface area contributed by atoms with Crippen molar-refractivity contribution in [2.24, 2.45) is 0 Å². The van der Waals surface area contributed by atoms with E-state index >= 15 is 4.39 Å². The van der Waals surface area contributed by atoms with Crippen LogP contribution in [-0.4, -0.2) is 77.9 Å². The topological polar surface area (TPSA) is 173 Å². The average molecular weight is 569 g/mol. The van der Waals surface area contributed by atoms with E-state index in [-0.39, 0.29) is 11.4 Å². The second-order valence-electron chi connectivity index (χ2n) is 8.50. The fourth-order valence-corrected chi connectivity index (χ4v) is 3.70. The maximum Gasteiger partial charge on any atom is 0.336 e. The largest absolute Gasteiger partial charge is 0.463 e. The number of aromatic amines is 1. The molecule has 16 heteroatoms. The summed E-state index contributed by atoms with van der Waals surface area (Å²) in [5, 5.41) is 0. The minimum atomic E-state index is -2.16. The number of H-pyrrole nitrogens is 1. The highest BCUT2D eigenvalue weighted by Crippen LogP contribution is 2.31. The van der Waals surface area contributed by atoms with Gasteiger partial charge in [-0.25, -0.2) is 18.5 Å². The van der Waals surface area contributed by atoms with Crippen molar-refractivity contribution in [3.05, 3.63) is 57.1 Å². The molecule has 1 aromatic carbocycles. The number of rotatable bonds is 7. The molecular weight excluding hydrogens is 544 g/mol. The van der Waals surface area contributed by atoms with Gasteiger partial charge in [0.1, 0.15) is 18.5 Å². The Kier molecular flexibility index (Phi) is 9.36. The second-order valence-corrected chi connectivity index (χ2v) is 8.50. The van der Waals surface area contributed by atoms with Gasteiger partial charge in [-0.1, -0.05) is 0 Å². The third kappa shape index (κ3) is 7.07. The summed E-state index contributed by atoms with van der Waals surface area (Å²) in [6.45, 7) is 2.72. The first-order valence-corrected chi connectivity index (χ1v) is 11.6. The molecule has 1 aliphatic heterocycles. The number of benzene rings is 1. The number of anilines is 1. The molecular formula is C24H25F2N3O11. The zero-order valence-electron chi connectivity index (χ0n) is 21.6. The maximum absolute atomic E-state index is 15.5. The Labute approximate surface area is 224 Å². The molecule has 1 amide bonds. The first kappa shape index (κ1) is 29.9. The summed E-state index contributed by atoms with van der Waals surface area (Å²) in [5.74, 6) is -3.73. The smallest absolute Gasteiger partial charge is 0.336 e. The van der Waals surface area contributed by atoms with Crippen LogP contribution in [0, 0.1) is 5.82 Å². The zero-order valence-corrected chi connectivity index (χ0v) is 21.6. The fourth-order valence-electron chi connectivity index (χ4n) is 3.70. The molecule has 14 nitrogen and oxygen atoms in total. The van der Waals surface area contributed by atoms with Crippen LogP contribution in [0.2, 0.25) is 0 Å². The highest BCUT2D eigenvalue weighted by molar-refractivity contribution is 5.92. The van der Waals surface area contributed by atoms with Crippen molar-refractivity contribution in [3.63, 3.8) is 0 Å². The number of ether oxygens (including phenoxy) is 5. The second kappa shape index (κ2) is 12.5. The number of halogens is 2. The summed E-state index contributed by atoms with van der Waals surface area (Å²) in [5.41, 5.74) is -2.23. The van der Waals surface area contributed by atoms with E-state index in [0.29, 0.717) is 10.8 Å². The van der Waals surface area contributed by atoms with Crippen molar-refractivity contribution in [2.45, 2.75) is 51.5 Å². The van der Waals surface area contributed by atoms with Gasteiger partial charge in [0.15, 0.2) is 12.2 Å². The predicted octanol–water partition coefficient (Wildman–Crippen LogP) is 0.648. The van der Waals surface area contributed by atoms with Gasteiger partial charge < -0.3 is 23.7 Å². The summed E-state index contributed by atoms with van der Waals surface area (Å²) in [4.78, 5) is 73.0. The lowest BCUT2D eigenvalue weighted by atomic mass is 9.99. The molecule has 0 spiro atoms. The zero-order chi connectivity index (χ0) is 29.7. The molecule has 0 aliphatic carbocycles. The third-order valence-electron chi connectivity index (χ3n) is 5.50. The van der Waals surface area contributed by atoms with E-state index in [1.54, 1.807) is 4.98 Å². The van der Waals surface area contributed by atoms with Gasteiger partial charge in [0.05, 0.1) is 6.20 Å². The number of nitrogens with one attached hydrogen (secondary N) is 1. The van der Waals surface area contributed by atoms with E-state index in [9.17, 15) is 33.2 Å². The maximum atomic E-state index is 15.5. The summed E-state index contributed by atoms with van der Waals surface area (Å²) in [7, 11) is 1.27. The van der Waals surface area contributed by atoms with Gasteiger partial charge >= 0.3 is 29.6 Å². The van der Waals surface area contributed by atoms with Crippen LogP contribution < -0.4 is 20.9 Å². The number of aromatic nitrogens is 2. The third-order valence-corrected chi connectivity index (χ3v) is 5.50. The van der Waals surface area contributed by atoms with Crippen LogP contribution >= 0.6 is 0 Å². The molecule has 40 heavy (non-hydrogen) atoms. The number of hydrogen-bond donors (Lipinski definition) is 1. The van der Waals surface area contributed by atoms with Crippen molar-refractivity contribution in [3.8, 4) is 5.75 Å². The minimum Gasteiger partial charge on any atom is -0.463 e. The lowest BCUT2D eigenvalue weighted by Gasteiger charge is -2.41. The molecule has 1 aliphatic rings. The Morgan fingerprint density at radius 2 is 1.60 bits per heavy atom. The number of carbonyl (C=O) groups is 4. The van der Waals surface area contributed by atoms with Gasteiger partial charge in [-0.2, -0.15) is 4.39 Å². The molecule has 216 valence electrons. The predicted molar refractivity (Wildman–Crippen MR) is 129 cm³/mol. The average Bonchev–Trinajstić information content (AvgIpc) is 2.88. The summed E-state index contributed by atoms with van der Waals surface area (Å²) in [6.07, 6.45) is -7.82. The van der Waals surface area contributed by atoms with Crippen LogP contribution in [0.15, 0.2) is 40.1 Å². The van der Waals surface area contributed by atoms with Gasteiger partial charge in [0, 0.05) is 33.5 Å². The van der Waals surface area contributed by atoms with E-state index in [0.717, 1.165) is 25.7 Å². The van der Waals surface area contributed by atoms with E-state index in [1.807, 2.05) is 0 Å². The summed E-state index contributed by atoms with van der Waals surface area (Å²) < 4.78 is 55.7. The van der Waals surface area contributed by atoms with Crippen molar-refractivity contribution < 1.29 is 51.6 Å². The van der Waals surface area contributed by atoms with Gasteiger partial charge in [0.2, 0.25) is 18.3 Å². The number of hydrogen-bond acceptors (Lipinski definition) is 11. The molecule has 1 aromatic heterocycles. The highest BCUT2D eigenvalue weighted by Gasteiger charge is 2.52. The van der Waals surface area contributed by atoms with E-state index in [4.69, 9.17) is 23.7 Å². The molecule has 1 fully saturated rings. The molecule has 0 unspecified atom stereocenters. The van der Waals surface area contributed by atoms with Gasteiger partial charge in [-0.05, 0) is 24.3 Å². The molecule has 1 saturated heterocycles. The van der Waals surface area contributed by atoms with Crippen molar-refractivity contribution in [2.75, 3.05) is 18.6 Å². The van der Waals surface area contributed by atoms with Gasteiger partial charge in [0.25, 0.3) is 5.56 Å². The number of amides is 1. The SMILES string of the molecule is CC(=O)OC[C@H]1O[C@@H](Oc2ccc(N(C)C(=O)n3cc(F)c(=O)[nH]c3=O)cc2)[C@H](F)[C@@H](OC(C)=O)[C@@H]1OC(C)=O. The first-order chi connectivity index (χ1) is 18.8. The lowest BCUT2D eigenvalue weighted by molar-refractivity contribution is -0.271. The molecule has 1 N–H and O–H groups in total. The van der Waals surface area contributed by atoms with Crippen molar-refractivity contribution in [1.82, 2.24) is 9.55 Å². The Morgan fingerprint density at radius 3 is 2.17 bits per heavy atom. The molecule has 3 rings (SSSR count). The monoisotopic (exact) mass is 569 g/mol. The summed E-state index contributed by atoms with van der Waals surface area (Å²) in [6, 6.07) is 4.31. The molecule has 2 heterocycles. The van der Waals surface area contributed by atoms with Crippen LogP contribution in [0.25, 0.3) is 0 Å². The standard InChI is InChI=1S/C24H25F2N3O11/c1-11(30)36-10-17-19(37-12(2)31)20(38-13(3)32)18(26)22(40-17)39-15-7-5-14(6-8-15)28(4)24(35)29-9-16(25)21(33)27-23(29)34/h5-9,17-20,22H,10H2,1-4H3,(H,27,33,34)/t17-,18-,19-,20-,22-/m1/s1. The van der Waals surface area contributed by atoms with Crippen LogP contribution in [-0.2, 0) is 33.3 Å². The van der Waals surface area contributed by atoms with E-state index in [1.165, 1.54) is 31.3 Å². The van der Waals surface area contributed by atoms with Crippen molar-refractivity contribution in [1.29, 1.82) is 0 Å². The number of esters is 3. The van der Waals surface area contributed by atoms with E-state index < -0.39 is 78.4 Å². The summed E-state index contributed by atoms with van der Waals surface area (Å²) >= 11 is 0. The van der Waals surface area contributed by atoms with Crippen LogP contribution in [0.5, 0.6) is 5.75 Å². The molecule has 0 saturated carbocycles. The van der Waals surface area contributed by atoms with Gasteiger partial charge in [-0.15, -0.1) is 0 Å². The lowest BCUT2D eigenvalue weighted by Crippen LogP contribution is -2.61. The molecule has 0 radical (unpaired) electrons. The normalized spacial score (nSPS) is 22.1. The van der Waals surface area contributed by atoms with Gasteiger partial charge in [-0.3, -0.25) is 29.1 Å². The van der Waals surface area contributed by atoms with Crippen molar-refractivity contribution >= 4 is 29.6 Å². The molecule has 2 aromatic rings. The Balaban J connectivity index is 1.81. The molecule has 0 bridgehead atoms. The first-order valence-electron chi connectivity index (χ1n) is 11.6. The number of carbonyl (C=O) groups excluding carboxylic acids is 4. The van der Waals surface area contributed by atoms with E-state index in [2.05, 4.69) is 0 Å².